The van der Waals surface area contributed by atoms with Gasteiger partial charge in [0.25, 0.3) is 5.91 Å². The third kappa shape index (κ3) is 2.29. The number of rotatable bonds is 2. The maximum absolute atomic E-state index is 11.9. The fourth-order valence-corrected chi connectivity index (χ4v) is 2.89. The van der Waals surface area contributed by atoms with Crippen LogP contribution in [0.1, 0.15) is 25.7 Å². The van der Waals surface area contributed by atoms with E-state index in [0.29, 0.717) is 5.69 Å². The van der Waals surface area contributed by atoms with Crippen molar-refractivity contribution in [1.29, 1.82) is 0 Å². The molecule has 2 fully saturated rings. The summed E-state index contributed by atoms with van der Waals surface area (Å²) in [5.41, 5.74) is 7.39. The van der Waals surface area contributed by atoms with E-state index in [0.717, 1.165) is 18.8 Å². The third-order valence-electron chi connectivity index (χ3n) is 4.01. The molecule has 2 heterocycles. The molecule has 0 saturated carbocycles. The van der Waals surface area contributed by atoms with Crippen LogP contribution in [0.2, 0.25) is 0 Å². The van der Waals surface area contributed by atoms with Crippen LogP contribution in [0.5, 0.6) is 0 Å². The lowest BCUT2D eigenvalue weighted by molar-refractivity contribution is -0.121. The minimum absolute atomic E-state index is 0.104. The number of piperidine rings is 1. The maximum atomic E-state index is 11.9. The van der Waals surface area contributed by atoms with Crippen molar-refractivity contribution in [2.24, 2.45) is 5.73 Å². The second kappa shape index (κ2) is 5.25. The predicted molar refractivity (Wildman–Crippen MR) is 77.6 cm³/mol. The fourth-order valence-electron chi connectivity index (χ4n) is 2.89. The number of imide groups is 1. The first kappa shape index (κ1) is 13.1. The molecular formula is C15H19N3O2. The Morgan fingerprint density at radius 1 is 0.950 bits per heavy atom. The summed E-state index contributed by atoms with van der Waals surface area (Å²) < 4.78 is 0. The van der Waals surface area contributed by atoms with Crippen LogP contribution in [-0.4, -0.2) is 30.9 Å². The minimum Gasteiger partial charge on any atom is -0.372 e. The van der Waals surface area contributed by atoms with Gasteiger partial charge in [-0.15, -0.1) is 0 Å². The minimum atomic E-state index is -0.690. The molecule has 2 N–H and O–H groups in total. The van der Waals surface area contributed by atoms with Crippen LogP contribution < -0.4 is 15.5 Å². The van der Waals surface area contributed by atoms with Gasteiger partial charge in [-0.05, 0) is 43.5 Å². The first-order valence-electron chi connectivity index (χ1n) is 7.14. The van der Waals surface area contributed by atoms with E-state index in [-0.39, 0.29) is 18.2 Å². The summed E-state index contributed by atoms with van der Waals surface area (Å²) in [6.07, 6.45) is 3.84. The molecule has 2 aliphatic heterocycles. The molecule has 2 aliphatic rings. The summed E-state index contributed by atoms with van der Waals surface area (Å²) in [6, 6.07) is 6.93. The summed E-state index contributed by atoms with van der Waals surface area (Å²) in [5, 5.41) is 0. The van der Waals surface area contributed by atoms with E-state index in [1.54, 1.807) is 0 Å². The summed E-state index contributed by atoms with van der Waals surface area (Å²) >= 11 is 0. The van der Waals surface area contributed by atoms with Gasteiger partial charge in [-0.1, -0.05) is 0 Å². The molecule has 5 heteroatoms. The molecule has 0 radical (unpaired) electrons. The van der Waals surface area contributed by atoms with Gasteiger partial charge in [0, 0.05) is 18.8 Å². The number of carbonyl (C=O) groups is 2. The lowest BCUT2D eigenvalue weighted by Gasteiger charge is -2.29. The van der Waals surface area contributed by atoms with E-state index in [1.807, 2.05) is 24.3 Å². The molecule has 2 amide bonds. The van der Waals surface area contributed by atoms with Gasteiger partial charge in [0.1, 0.15) is 0 Å². The molecular weight excluding hydrogens is 254 g/mol. The van der Waals surface area contributed by atoms with Crippen molar-refractivity contribution in [1.82, 2.24) is 0 Å². The molecule has 20 heavy (non-hydrogen) atoms. The second-order valence-electron chi connectivity index (χ2n) is 5.44. The third-order valence-corrected chi connectivity index (χ3v) is 4.01. The van der Waals surface area contributed by atoms with E-state index in [9.17, 15) is 9.59 Å². The Balaban J connectivity index is 1.79. The number of anilines is 2. The second-order valence-corrected chi connectivity index (χ2v) is 5.44. The topological polar surface area (TPSA) is 66.6 Å². The van der Waals surface area contributed by atoms with E-state index in [2.05, 4.69) is 4.90 Å². The van der Waals surface area contributed by atoms with Crippen LogP contribution in [0, 0.1) is 0 Å². The Morgan fingerprint density at radius 3 is 2.10 bits per heavy atom. The zero-order chi connectivity index (χ0) is 14.1. The SMILES string of the molecule is NC1CC(=O)N(c2ccc(N3CCCCC3)cc2)C1=O. The maximum Gasteiger partial charge on any atom is 0.251 e. The molecule has 0 spiro atoms. The Labute approximate surface area is 118 Å². The molecule has 5 nitrogen and oxygen atoms in total. The number of nitrogens with two attached hydrogens (primary N) is 1. The Hall–Kier alpha value is -1.88. The zero-order valence-electron chi connectivity index (χ0n) is 11.4. The number of carbonyl (C=O) groups excluding carboxylic acids is 2. The van der Waals surface area contributed by atoms with Crippen LogP contribution in [0.3, 0.4) is 0 Å². The highest BCUT2D eigenvalue weighted by atomic mass is 16.2. The standard InChI is InChI=1S/C15H19N3O2/c16-13-10-14(19)18(15(13)20)12-6-4-11(5-7-12)17-8-2-1-3-9-17/h4-7,13H,1-3,8-10,16H2. The lowest BCUT2D eigenvalue weighted by Crippen LogP contribution is -2.35. The average molecular weight is 273 g/mol. The quantitative estimate of drug-likeness (QED) is 0.824. The largest absolute Gasteiger partial charge is 0.372 e. The molecule has 0 bridgehead atoms. The molecule has 3 rings (SSSR count). The average Bonchev–Trinajstić information content (AvgIpc) is 2.73. The van der Waals surface area contributed by atoms with Crippen LogP contribution in [-0.2, 0) is 9.59 Å². The van der Waals surface area contributed by atoms with Crippen LogP contribution in [0.25, 0.3) is 0 Å². The normalized spacial score (nSPS) is 23.6. The Morgan fingerprint density at radius 2 is 1.55 bits per heavy atom. The number of hydrogen-bond donors (Lipinski definition) is 1. The van der Waals surface area contributed by atoms with Crippen molar-refractivity contribution in [2.75, 3.05) is 22.9 Å². The smallest absolute Gasteiger partial charge is 0.251 e. The highest BCUT2D eigenvalue weighted by Gasteiger charge is 2.37. The zero-order valence-corrected chi connectivity index (χ0v) is 11.4. The molecule has 1 aromatic rings. The van der Waals surface area contributed by atoms with Crippen molar-refractivity contribution >= 4 is 23.2 Å². The van der Waals surface area contributed by atoms with Crippen molar-refractivity contribution in [3.05, 3.63) is 24.3 Å². The number of hydrogen-bond acceptors (Lipinski definition) is 4. The number of amides is 2. The highest BCUT2D eigenvalue weighted by molar-refractivity contribution is 6.22. The van der Waals surface area contributed by atoms with Gasteiger partial charge in [-0.3, -0.25) is 9.59 Å². The summed E-state index contributed by atoms with van der Waals surface area (Å²) in [6.45, 7) is 2.15. The van der Waals surface area contributed by atoms with Crippen LogP contribution in [0.15, 0.2) is 24.3 Å². The molecule has 1 unspecified atom stereocenters. The molecule has 0 aromatic heterocycles. The van der Waals surface area contributed by atoms with E-state index >= 15 is 0 Å². The van der Waals surface area contributed by atoms with Crippen molar-refractivity contribution < 1.29 is 9.59 Å². The molecule has 2 saturated heterocycles. The number of nitrogens with zero attached hydrogens (tertiary/aromatic N) is 2. The number of benzene rings is 1. The van der Waals surface area contributed by atoms with Crippen LogP contribution >= 0.6 is 0 Å². The first-order chi connectivity index (χ1) is 9.66. The summed E-state index contributed by atoms with van der Waals surface area (Å²) in [4.78, 5) is 27.2. The van der Waals surface area contributed by atoms with E-state index in [4.69, 9.17) is 5.73 Å². The highest BCUT2D eigenvalue weighted by Crippen LogP contribution is 2.26. The molecule has 0 aliphatic carbocycles. The monoisotopic (exact) mass is 273 g/mol. The van der Waals surface area contributed by atoms with Crippen LogP contribution in [0.4, 0.5) is 11.4 Å². The fraction of sp³-hybridized carbons (Fsp3) is 0.467. The van der Waals surface area contributed by atoms with E-state index < -0.39 is 6.04 Å². The van der Waals surface area contributed by atoms with Gasteiger partial charge in [0.15, 0.2) is 0 Å². The summed E-state index contributed by atoms with van der Waals surface area (Å²) in [5.74, 6) is -0.519. The van der Waals surface area contributed by atoms with Crippen molar-refractivity contribution in [3.63, 3.8) is 0 Å². The molecule has 1 atom stereocenters. The molecule has 106 valence electrons. The van der Waals surface area contributed by atoms with Gasteiger partial charge < -0.3 is 10.6 Å². The predicted octanol–water partition coefficient (Wildman–Crippen LogP) is 1.27. The Bertz CT molecular complexity index is 520. The van der Waals surface area contributed by atoms with E-state index in [1.165, 1.54) is 24.2 Å². The lowest BCUT2D eigenvalue weighted by atomic mass is 10.1. The summed E-state index contributed by atoms with van der Waals surface area (Å²) in [7, 11) is 0. The van der Waals surface area contributed by atoms with Gasteiger partial charge in [0.2, 0.25) is 5.91 Å². The first-order valence-corrected chi connectivity index (χ1v) is 7.14. The Kier molecular flexibility index (Phi) is 3.44. The van der Waals surface area contributed by atoms with Crippen molar-refractivity contribution in [3.8, 4) is 0 Å². The molecule has 1 aromatic carbocycles. The van der Waals surface area contributed by atoms with Gasteiger partial charge in [0.05, 0.1) is 18.2 Å². The van der Waals surface area contributed by atoms with Gasteiger partial charge in [-0.2, -0.15) is 0 Å². The van der Waals surface area contributed by atoms with Crippen molar-refractivity contribution in [2.45, 2.75) is 31.7 Å². The van der Waals surface area contributed by atoms with Gasteiger partial charge in [-0.25, -0.2) is 4.90 Å². The van der Waals surface area contributed by atoms with Gasteiger partial charge >= 0.3 is 0 Å².